The molecule has 2 N–H and O–H groups in total. The van der Waals surface area contributed by atoms with Crippen molar-refractivity contribution in [2.24, 2.45) is 5.92 Å². The Labute approximate surface area is 165 Å². The van der Waals surface area contributed by atoms with Gasteiger partial charge in [-0.2, -0.15) is 0 Å². The first-order chi connectivity index (χ1) is 12.7. The number of unbranched alkanes of at least 4 members (excludes halogenated alkanes) is 1. The van der Waals surface area contributed by atoms with Crippen LogP contribution in [0.1, 0.15) is 59.8 Å². The zero-order chi connectivity index (χ0) is 20.3. The highest BCUT2D eigenvalue weighted by molar-refractivity contribution is 5.73. The summed E-state index contributed by atoms with van der Waals surface area (Å²) in [5.41, 5.74) is -0.490. The van der Waals surface area contributed by atoms with E-state index in [1.807, 2.05) is 20.8 Å². The first-order valence-electron chi connectivity index (χ1n) is 10.4. The van der Waals surface area contributed by atoms with Gasteiger partial charge < -0.3 is 25.2 Å². The zero-order valence-electron chi connectivity index (χ0n) is 18.0. The Morgan fingerprint density at radius 1 is 1.15 bits per heavy atom. The monoisotopic (exact) mass is 384 g/mol. The first kappa shape index (κ1) is 23.5. The SMILES string of the molecule is C[C@H]1CCCN(CCCCNC(=O)NCCCN(C)C(=O)OC(C)(C)C)C1. The predicted molar refractivity (Wildman–Crippen MR) is 109 cm³/mol. The van der Waals surface area contributed by atoms with E-state index in [9.17, 15) is 9.59 Å². The summed E-state index contributed by atoms with van der Waals surface area (Å²) >= 11 is 0. The molecule has 7 heteroatoms. The molecule has 7 nitrogen and oxygen atoms in total. The van der Waals surface area contributed by atoms with Crippen molar-refractivity contribution in [3.8, 4) is 0 Å². The van der Waals surface area contributed by atoms with Crippen LogP contribution in [0.15, 0.2) is 0 Å². The smallest absolute Gasteiger partial charge is 0.410 e. The second-order valence-corrected chi connectivity index (χ2v) is 8.69. The van der Waals surface area contributed by atoms with Gasteiger partial charge in [-0.05, 0) is 71.9 Å². The molecule has 3 amide bonds. The fourth-order valence-electron chi connectivity index (χ4n) is 3.16. The van der Waals surface area contributed by atoms with Gasteiger partial charge in [0.2, 0.25) is 0 Å². The maximum absolute atomic E-state index is 11.8. The highest BCUT2D eigenvalue weighted by Gasteiger charge is 2.19. The third kappa shape index (κ3) is 11.7. The van der Waals surface area contributed by atoms with Gasteiger partial charge in [-0.15, -0.1) is 0 Å². The molecule has 0 aromatic rings. The van der Waals surface area contributed by atoms with Crippen LogP contribution in [0.2, 0.25) is 0 Å². The number of ether oxygens (including phenoxy) is 1. The van der Waals surface area contributed by atoms with E-state index in [0.717, 1.165) is 25.3 Å². The van der Waals surface area contributed by atoms with E-state index in [2.05, 4.69) is 22.5 Å². The maximum Gasteiger partial charge on any atom is 0.410 e. The van der Waals surface area contributed by atoms with Gasteiger partial charge in [0.25, 0.3) is 0 Å². The lowest BCUT2D eigenvalue weighted by Gasteiger charge is -2.30. The summed E-state index contributed by atoms with van der Waals surface area (Å²) in [6, 6.07) is -0.137. The van der Waals surface area contributed by atoms with Crippen LogP contribution in [0, 0.1) is 5.92 Å². The van der Waals surface area contributed by atoms with Gasteiger partial charge in [-0.25, -0.2) is 9.59 Å². The second-order valence-electron chi connectivity index (χ2n) is 8.69. The number of amides is 3. The molecule has 1 fully saturated rings. The highest BCUT2D eigenvalue weighted by Crippen LogP contribution is 2.15. The third-order valence-corrected chi connectivity index (χ3v) is 4.59. The van der Waals surface area contributed by atoms with Gasteiger partial charge >= 0.3 is 12.1 Å². The quantitative estimate of drug-likeness (QED) is 0.599. The van der Waals surface area contributed by atoms with Crippen LogP contribution in [0.25, 0.3) is 0 Å². The van der Waals surface area contributed by atoms with E-state index in [1.165, 1.54) is 30.8 Å². The standard InChI is InChI=1S/C20H40N4O3/c1-17-10-8-15-24(16-17)14-7-6-11-21-18(25)22-12-9-13-23(5)19(26)27-20(2,3)4/h17H,6-16H2,1-5H3,(H2,21,22,25)/t17-/m0/s1. The molecular weight excluding hydrogens is 344 g/mol. The van der Waals surface area contributed by atoms with Gasteiger partial charge in [0.05, 0.1) is 0 Å². The molecule has 0 aromatic heterocycles. The minimum Gasteiger partial charge on any atom is -0.444 e. The molecule has 1 saturated heterocycles. The van der Waals surface area contributed by atoms with E-state index in [4.69, 9.17) is 4.74 Å². The minimum atomic E-state index is -0.490. The molecule has 27 heavy (non-hydrogen) atoms. The molecule has 0 aromatic carbocycles. The van der Waals surface area contributed by atoms with Crippen molar-refractivity contribution < 1.29 is 14.3 Å². The fourth-order valence-corrected chi connectivity index (χ4v) is 3.16. The number of carbonyl (C=O) groups excluding carboxylic acids is 2. The van der Waals surface area contributed by atoms with Gasteiger partial charge in [0, 0.05) is 33.2 Å². The maximum atomic E-state index is 11.8. The van der Waals surface area contributed by atoms with Gasteiger partial charge in [-0.3, -0.25) is 0 Å². The molecule has 0 aliphatic carbocycles. The predicted octanol–water partition coefficient (Wildman–Crippen LogP) is 3.05. The lowest BCUT2D eigenvalue weighted by atomic mass is 10.0. The van der Waals surface area contributed by atoms with Crippen molar-refractivity contribution in [2.75, 3.05) is 46.3 Å². The molecule has 158 valence electrons. The molecule has 0 spiro atoms. The number of rotatable bonds is 9. The lowest BCUT2D eigenvalue weighted by Crippen LogP contribution is -2.39. The summed E-state index contributed by atoms with van der Waals surface area (Å²) < 4.78 is 5.29. The summed E-state index contributed by atoms with van der Waals surface area (Å²) in [6.45, 7) is 13.2. The largest absolute Gasteiger partial charge is 0.444 e. The Hall–Kier alpha value is -1.50. The van der Waals surface area contributed by atoms with E-state index in [1.54, 1.807) is 7.05 Å². The van der Waals surface area contributed by atoms with Crippen LogP contribution in [0.5, 0.6) is 0 Å². The van der Waals surface area contributed by atoms with Crippen LogP contribution in [-0.4, -0.2) is 73.8 Å². The summed E-state index contributed by atoms with van der Waals surface area (Å²) in [4.78, 5) is 27.7. The van der Waals surface area contributed by atoms with Gasteiger partial charge in [0.1, 0.15) is 5.60 Å². The van der Waals surface area contributed by atoms with Crippen LogP contribution in [-0.2, 0) is 4.74 Å². The molecule has 1 atom stereocenters. The summed E-state index contributed by atoms with van der Waals surface area (Å²) in [5.74, 6) is 0.817. The Morgan fingerprint density at radius 2 is 1.81 bits per heavy atom. The molecule has 0 radical (unpaired) electrons. The molecule has 0 saturated carbocycles. The van der Waals surface area contributed by atoms with E-state index >= 15 is 0 Å². The highest BCUT2D eigenvalue weighted by atomic mass is 16.6. The van der Waals surface area contributed by atoms with Crippen LogP contribution < -0.4 is 10.6 Å². The Morgan fingerprint density at radius 3 is 2.44 bits per heavy atom. The number of nitrogens with zero attached hydrogens (tertiary/aromatic N) is 2. The van der Waals surface area contributed by atoms with E-state index < -0.39 is 5.60 Å². The van der Waals surface area contributed by atoms with E-state index in [0.29, 0.717) is 26.1 Å². The van der Waals surface area contributed by atoms with Crippen molar-refractivity contribution in [1.82, 2.24) is 20.4 Å². The summed E-state index contributed by atoms with van der Waals surface area (Å²) in [6.07, 6.45) is 5.13. The molecule has 1 rings (SSSR count). The molecule has 1 aliphatic rings. The number of nitrogens with one attached hydrogen (secondary N) is 2. The van der Waals surface area contributed by atoms with E-state index in [-0.39, 0.29) is 12.1 Å². The Bertz CT molecular complexity index is 451. The average molecular weight is 385 g/mol. The molecule has 0 bridgehead atoms. The van der Waals surface area contributed by atoms with Crippen molar-refractivity contribution in [1.29, 1.82) is 0 Å². The Balaban J connectivity index is 1.98. The first-order valence-corrected chi connectivity index (χ1v) is 10.4. The number of likely N-dealkylation sites (tertiary alicyclic amines) is 1. The normalized spacial score (nSPS) is 18.0. The molecule has 1 aliphatic heterocycles. The summed E-state index contributed by atoms with van der Waals surface area (Å²) in [5, 5.41) is 5.73. The number of piperidine rings is 1. The fraction of sp³-hybridized carbons (Fsp3) is 0.900. The third-order valence-electron chi connectivity index (χ3n) is 4.59. The molecule has 1 heterocycles. The van der Waals surface area contributed by atoms with Crippen molar-refractivity contribution in [3.05, 3.63) is 0 Å². The summed E-state index contributed by atoms with van der Waals surface area (Å²) in [7, 11) is 1.71. The van der Waals surface area contributed by atoms with Crippen molar-refractivity contribution in [3.63, 3.8) is 0 Å². The zero-order valence-corrected chi connectivity index (χ0v) is 18.0. The topological polar surface area (TPSA) is 73.9 Å². The van der Waals surface area contributed by atoms with Crippen LogP contribution in [0.3, 0.4) is 0 Å². The lowest BCUT2D eigenvalue weighted by molar-refractivity contribution is 0.0298. The van der Waals surface area contributed by atoms with Crippen molar-refractivity contribution in [2.45, 2.75) is 65.4 Å². The van der Waals surface area contributed by atoms with Crippen LogP contribution in [0.4, 0.5) is 9.59 Å². The number of hydrogen-bond donors (Lipinski definition) is 2. The Kier molecular flexibility index (Phi) is 10.5. The minimum absolute atomic E-state index is 0.137. The molecular formula is C20H40N4O3. The number of urea groups is 1. The van der Waals surface area contributed by atoms with Gasteiger partial charge in [0.15, 0.2) is 0 Å². The number of carbonyl (C=O) groups is 2. The average Bonchev–Trinajstić information content (AvgIpc) is 2.56. The van der Waals surface area contributed by atoms with Crippen LogP contribution >= 0.6 is 0 Å². The molecule has 0 unspecified atom stereocenters. The van der Waals surface area contributed by atoms with Crippen molar-refractivity contribution >= 4 is 12.1 Å². The number of hydrogen-bond acceptors (Lipinski definition) is 4. The van der Waals surface area contributed by atoms with Gasteiger partial charge in [-0.1, -0.05) is 6.92 Å². The second kappa shape index (κ2) is 12.1.